The summed E-state index contributed by atoms with van der Waals surface area (Å²) in [6.07, 6.45) is 0. The molecule has 0 aromatic rings. The molecule has 0 atom stereocenters. The molecule has 0 fully saturated rings. The summed E-state index contributed by atoms with van der Waals surface area (Å²) >= 11 is 0. The van der Waals surface area contributed by atoms with Gasteiger partial charge in [0.25, 0.3) is 0 Å². The van der Waals surface area contributed by atoms with Crippen molar-refractivity contribution in [2.45, 2.75) is 0 Å². The molecule has 0 saturated carbocycles. The van der Waals surface area contributed by atoms with Gasteiger partial charge in [-0.25, -0.2) is 0 Å². The Morgan fingerprint density at radius 1 is 0.500 bits per heavy atom. The Bertz CT molecular complexity index is 4.00. The molecule has 0 rings (SSSR count). The fourth-order valence-corrected chi connectivity index (χ4v) is 0. The molecule has 0 N–H and O–H groups in total. The van der Waals surface area contributed by atoms with E-state index in [1.54, 1.807) is 0 Å². The summed E-state index contributed by atoms with van der Waals surface area (Å²) < 4.78 is 0. The van der Waals surface area contributed by atoms with Gasteiger partial charge in [0.2, 0.25) is 0 Å². The average Bonchev–Trinajstić information content (AvgIpc) is 0. The molecule has 0 aliphatic carbocycles. The first-order chi connectivity index (χ1) is 0. The van der Waals surface area contributed by atoms with Crippen molar-refractivity contribution >= 4 is 0 Å². The molecular weight excluding hydrogens is 277 g/mol. The van der Waals surface area contributed by atoms with Crippen molar-refractivity contribution in [3.8, 4) is 0 Å². The van der Waals surface area contributed by atoms with E-state index in [4.69, 9.17) is 0 Å². The third-order valence-electron chi connectivity index (χ3n) is 0. The normalized spacial score (nSPS) is 0. The van der Waals surface area contributed by atoms with Crippen molar-refractivity contribution in [3.05, 3.63) is 0 Å². The van der Waals surface area contributed by atoms with Crippen molar-refractivity contribution in [2.24, 2.45) is 0 Å². The zero-order valence-electron chi connectivity index (χ0n) is 1.42. The Morgan fingerprint density at radius 3 is 0.500 bits per heavy atom. The summed E-state index contributed by atoms with van der Waals surface area (Å²) in [5.41, 5.74) is 0. The molecule has 2 radical (unpaired) electrons. The maximum atomic E-state index is 0. The van der Waals surface area contributed by atoms with E-state index in [9.17, 15) is 0 Å². The quantitative estimate of drug-likeness (QED) is 0.387. The van der Waals surface area contributed by atoms with Gasteiger partial charge in [0.05, 0.1) is 0 Å². The first kappa shape index (κ1) is 40.7. The van der Waals surface area contributed by atoms with Crippen LogP contribution in [-0.4, -0.2) is 0 Å². The molecule has 0 nitrogen and oxygen atoms in total. The van der Waals surface area contributed by atoms with Crippen LogP contribution in [0.4, 0.5) is 0 Å². The molecule has 0 aliphatic heterocycles. The molecule has 0 amide bonds. The second kappa shape index (κ2) is 21.2. The van der Waals surface area contributed by atoms with Crippen molar-refractivity contribution in [3.63, 3.8) is 0 Å². The molecule has 0 heterocycles. The second-order valence-corrected chi connectivity index (χ2v) is 0. The van der Waals surface area contributed by atoms with Crippen molar-refractivity contribution in [1.82, 2.24) is 0 Å². The Balaban J connectivity index is 0. The van der Waals surface area contributed by atoms with E-state index < -0.39 is 0 Å². The van der Waals surface area contributed by atoms with Gasteiger partial charge in [-0.3, -0.25) is 0 Å². The molecule has 0 bridgehead atoms. The molecule has 4 heteroatoms. The largest absolute Gasteiger partial charge is 1.00 e. The van der Waals surface area contributed by atoms with E-state index in [1.165, 1.54) is 0 Å². The zero-order chi connectivity index (χ0) is 0. The Labute approximate surface area is 63.4 Å². The van der Waals surface area contributed by atoms with Gasteiger partial charge in [-0.2, -0.15) is 0 Å². The van der Waals surface area contributed by atoms with E-state index in [2.05, 4.69) is 0 Å². The minimum Gasteiger partial charge on any atom is -1.00 e. The fourth-order valence-electron chi connectivity index (χ4n) is 0. The van der Waals surface area contributed by atoms with Crippen LogP contribution >= 0.6 is 0 Å². The van der Waals surface area contributed by atoms with Gasteiger partial charge in [-0.15, -0.1) is 0 Å². The summed E-state index contributed by atoms with van der Waals surface area (Å²) in [4.78, 5) is 0. The smallest absolute Gasteiger partial charge is 0 e. The topological polar surface area (TPSA) is 0 Å². The molecule has 0 unspecified atom stereocenters. The van der Waals surface area contributed by atoms with Crippen LogP contribution in [0.1, 0.15) is 0 Å². The van der Waals surface area contributed by atoms with Crippen molar-refractivity contribution < 1.29 is 63.8 Å². The van der Waals surface area contributed by atoms with Gasteiger partial charge < -0.3 is 24.8 Å². The second-order valence-electron chi connectivity index (χ2n) is 0. The Hall–Kier alpha value is 1.83. The van der Waals surface area contributed by atoms with Gasteiger partial charge in [0.15, 0.2) is 0 Å². The molecule has 0 aromatic carbocycles. The van der Waals surface area contributed by atoms with Crippen LogP contribution in [0.3, 0.4) is 0 Å². The van der Waals surface area contributed by atoms with E-state index in [-0.39, 0.29) is 63.8 Å². The van der Waals surface area contributed by atoms with E-state index in [0.29, 0.717) is 0 Å². The number of hydrogen-bond acceptors (Lipinski definition) is 0. The summed E-state index contributed by atoms with van der Waals surface area (Å²) in [5.74, 6) is 0. The SMILES string of the molecule is [Cl-].[Cl-].[Rh].[Rh]. The predicted molar refractivity (Wildman–Crippen MR) is 0 cm³/mol. The predicted octanol–water partition coefficient (Wildman–Crippen LogP) is -6.00. The molecule has 0 aliphatic rings. The van der Waals surface area contributed by atoms with Crippen LogP contribution in [-0.2, 0) is 39.0 Å². The molecular formula is Cl2Rh2-2. The Morgan fingerprint density at radius 2 is 0.500 bits per heavy atom. The van der Waals surface area contributed by atoms with E-state index in [1.807, 2.05) is 0 Å². The standard InChI is InChI=1S/2ClH.2Rh/h2*1H;;/p-2. The van der Waals surface area contributed by atoms with Crippen LogP contribution in [0.5, 0.6) is 0 Å². The molecule has 0 spiro atoms. The summed E-state index contributed by atoms with van der Waals surface area (Å²) in [7, 11) is 0. The van der Waals surface area contributed by atoms with Crippen LogP contribution in [0.25, 0.3) is 0 Å². The first-order valence-electron chi connectivity index (χ1n) is 0. The summed E-state index contributed by atoms with van der Waals surface area (Å²) in [6, 6.07) is 0. The van der Waals surface area contributed by atoms with E-state index in [0.717, 1.165) is 0 Å². The monoisotopic (exact) mass is 276 g/mol. The number of hydrogen-bond donors (Lipinski definition) is 0. The number of rotatable bonds is 0. The van der Waals surface area contributed by atoms with Crippen LogP contribution < -0.4 is 24.8 Å². The third-order valence-corrected chi connectivity index (χ3v) is 0. The van der Waals surface area contributed by atoms with E-state index >= 15 is 0 Å². The van der Waals surface area contributed by atoms with Crippen LogP contribution in [0.15, 0.2) is 0 Å². The fraction of sp³-hybridized carbons (Fsp3) is 0. The molecule has 34 valence electrons. The molecule has 0 aromatic heterocycles. The maximum Gasteiger partial charge on any atom is 0 e. The third kappa shape index (κ3) is 9.16. The van der Waals surface area contributed by atoms with Crippen LogP contribution in [0.2, 0.25) is 0 Å². The maximum absolute atomic E-state index is 0. The number of halogens is 2. The summed E-state index contributed by atoms with van der Waals surface area (Å²) in [5, 5.41) is 0. The van der Waals surface area contributed by atoms with Gasteiger partial charge in [0.1, 0.15) is 0 Å². The van der Waals surface area contributed by atoms with Crippen LogP contribution in [0, 0.1) is 0 Å². The average molecular weight is 277 g/mol. The van der Waals surface area contributed by atoms with Gasteiger partial charge in [-0.05, 0) is 0 Å². The van der Waals surface area contributed by atoms with Gasteiger partial charge in [-0.1, -0.05) is 0 Å². The zero-order valence-corrected chi connectivity index (χ0v) is 6.21. The van der Waals surface area contributed by atoms with Gasteiger partial charge >= 0.3 is 0 Å². The Kier molecular flexibility index (Phi) is 215. The minimum atomic E-state index is 0. The van der Waals surface area contributed by atoms with Gasteiger partial charge in [0, 0.05) is 39.0 Å². The summed E-state index contributed by atoms with van der Waals surface area (Å²) in [6.45, 7) is 0. The first-order valence-corrected chi connectivity index (χ1v) is 0. The molecule has 0 saturated heterocycles. The molecule has 4 heavy (non-hydrogen) atoms. The van der Waals surface area contributed by atoms with Crippen molar-refractivity contribution in [1.29, 1.82) is 0 Å². The van der Waals surface area contributed by atoms with Crippen molar-refractivity contribution in [2.75, 3.05) is 0 Å². The minimum absolute atomic E-state index is 0.